The van der Waals surface area contributed by atoms with Gasteiger partial charge in [-0.15, -0.1) is 16.7 Å². The number of hydrogen-bond acceptors (Lipinski definition) is 2. The highest BCUT2D eigenvalue weighted by molar-refractivity contribution is 6.46. The summed E-state index contributed by atoms with van der Waals surface area (Å²) in [5.41, 5.74) is -1.06. The van der Waals surface area contributed by atoms with Crippen LogP contribution in [-0.4, -0.2) is 23.0 Å². The zero-order chi connectivity index (χ0) is 8.70. The van der Waals surface area contributed by atoms with Crippen molar-refractivity contribution in [3.8, 4) is 0 Å². The van der Waals surface area contributed by atoms with Crippen molar-refractivity contribution < 1.29 is 13.2 Å². The van der Waals surface area contributed by atoms with Crippen molar-refractivity contribution in [1.82, 2.24) is 0 Å². The summed E-state index contributed by atoms with van der Waals surface area (Å²) >= 11 is 5.42. The highest BCUT2D eigenvalue weighted by atomic mass is 35.5. The van der Waals surface area contributed by atoms with Crippen LogP contribution in [0.1, 0.15) is 6.92 Å². The first kappa shape index (κ1) is 8.52. The van der Waals surface area contributed by atoms with Gasteiger partial charge < -0.3 is 0 Å². The molecule has 6 heteroatoms. The van der Waals surface area contributed by atoms with Crippen molar-refractivity contribution in [3.05, 3.63) is 0 Å². The first-order valence-corrected chi connectivity index (χ1v) is 3.10. The van der Waals surface area contributed by atoms with E-state index in [9.17, 15) is 13.2 Å². The molecule has 0 aliphatic carbocycles. The normalized spacial score (nSPS) is 30.8. The van der Waals surface area contributed by atoms with Crippen molar-refractivity contribution in [2.24, 2.45) is 10.2 Å². The Morgan fingerprint density at radius 1 is 1.55 bits per heavy atom. The molecule has 1 atom stereocenters. The van der Waals surface area contributed by atoms with Crippen molar-refractivity contribution >= 4 is 23.5 Å². The fraction of sp³-hybridized carbons (Fsp3) is 0.600. The van der Waals surface area contributed by atoms with Gasteiger partial charge in [0.05, 0.1) is 6.21 Å². The molecule has 0 amide bonds. The average molecular weight is 185 g/mol. The molecule has 0 aromatic rings. The zero-order valence-corrected chi connectivity index (χ0v) is 6.24. The molecule has 1 rings (SSSR count). The van der Waals surface area contributed by atoms with Gasteiger partial charge >= 0.3 is 6.18 Å². The molecule has 1 unspecified atom stereocenters. The largest absolute Gasteiger partial charge is 0.433 e. The topological polar surface area (TPSA) is 24.7 Å². The van der Waals surface area contributed by atoms with Crippen LogP contribution in [0.3, 0.4) is 0 Å². The van der Waals surface area contributed by atoms with Gasteiger partial charge in [0, 0.05) is 0 Å². The van der Waals surface area contributed by atoms with Crippen LogP contribution in [-0.2, 0) is 0 Å². The van der Waals surface area contributed by atoms with Crippen molar-refractivity contribution in [3.63, 3.8) is 0 Å². The van der Waals surface area contributed by atoms with Gasteiger partial charge in [0.15, 0.2) is 5.71 Å². The van der Waals surface area contributed by atoms with Crippen LogP contribution in [0.15, 0.2) is 10.2 Å². The molecule has 1 aliphatic heterocycles. The van der Waals surface area contributed by atoms with Crippen LogP contribution in [0, 0.1) is 0 Å². The monoisotopic (exact) mass is 184 g/mol. The summed E-state index contributed by atoms with van der Waals surface area (Å²) in [6, 6.07) is 0. The Hall–Kier alpha value is -0.580. The first-order valence-electron chi connectivity index (χ1n) is 2.73. The minimum absolute atomic E-state index is 0.956. The van der Waals surface area contributed by atoms with E-state index in [4.69, 9.17) is 11.6 Å². The second-order valence-corrected chi connectivity index (χ2v) is 3.05. The number of halogens is 4. The lowest BCUT2D eigenvalue weighted by atomic mass is 10.1. The van der Waals surface area contributed by atoms with Crippen molar-refractivity contribution in [2.75, 3.05) is 0 Å². The molecule has 0 saturated heterocycles. The highest BCUT2D eigenvalue weighted by Crippen LogP contribution is 2.30. The van der Waals surface area contributed by atoms with E-state index in [-0.39, 0.29) is 0 Å². The summed E-state index contributed by atoms with van der Waals surface area (Å²) in [5.74, 6) is 0. The molecule has 0 aromatic heterocycles. The molecular formula is C5H4ClF3N2. The maximum Gasteiger partial charge on any atom is 0.433 e. The Morgan fingerprint density at radius 2 is 2.09 bits per heavy atom. The summed E-state index contributed by atoms with van der Waals surface area (Å²) in [6.45, 7) is 1.19. The molecule has 0 bridgehead atoms. The van der Waals surface area contributed by atoms with E-state index in [2.05, 4.69) is 10.2 Å². The van der Waals surface area contributed by atoms with Gasteiger partial charge in [0.1, 0.15) is 4.87 Å². The summed E-state index contributed by atoms with van der Waals surface area (Å²) in [4.78, 5) is -1.60. The molecule has 11 heavy (non-hydrogen) atoms. The second-order valence-electron chi connectivity index (χ2n) is 2.27. The van der Waals surface area contributed by atoms with Crippen LogP contribution < -0.4 is 0 Å². The SMILES string of the molecule is CC1(Cl)C=NN=C1C(F)(F)F. The highest BCUT2D eigenvalue weighted by Gasteiger charge is 2.48. The molecule has 0 radical (unpaired) electrons. The van der Waals surface area contributed by atoms with Crippen LogP contribution >= 0.6 is 11.6 Å². The van der Waals surface area contributed by atoms with Gasteiger partial charge in [-0.05, 0) is 6.92 Å². The standard InChI is InChI=1S/C5H4ClF3N2/c1-4(6)2-10-11-3(4)5(7,8)9/h2H,1H3. The van der Waals surface area contributed by atoms with E-state index in [1.807, 2.05) is 0 Å². The van der Waals surface area contributed by atoms with E-state index < -0.39 is 16.8 Å². The quantitative estimate of drug-likeness (QED) is 0.515. The van der Waals surface area contributed by atoms with Crippen LogP contribution in [0.2, 0.25) is 0 Å². The summed E-state index contributed by atoms with van der Waals surface area (Å²) < 4.78 is 35.9. The van der Waals surface area contributed by atoms with Crippen molar-refractivity contribution in [2.45, 2.75) is 18.0 Å². The predicted octanol–water partition coefficient (Wildman–Crippen LogP) is 1.99. The van der Waals surface area contributed by atoms with Gasteiger partial charge in [0.2, 0.25) is 0 Å². The molecule has 0 saturated carbocycles. The van der Waals surface area contributed by atoms with Gasteiger partial charge in [-0.1, -0.05) is 0 Å². The molecule has 0 N–H and O–H groups in total. The minimum Gasteiger partial charge on any atom is -0.165 e. The smallest absolute Gasteiger partial charge is 0.165 e. The maximum atomic E-state index is 12.0. The van der Waals surface area contributed by atoms with Gasteiger partial charge in [0.25, 0.3) is 0 Å². The number of rotatable bonds is 0. The maximum absolute atomic E-state index is 12.0. The Labute approximate surface area is 65.8 Å². The Morgan fingerprint density at radius 3 is 2.27 bits per heavy atom. The van der Waals surface area contributed by atoms with E-state index in [1.54, 1.807) is 0 Å². The molecule has 62 valence electrons. The van der Waals surface area contributed by atoms with E-state index in [0.29, 0.717) is 0 Å². The van der Waals surface area contributed by atoms with Gasteiger partial charge in [-0.3, -0.25) is 0 Å². The van der Waals surface area contributed by atoms with E-state index in [1.165, 1.54) is 6.92 Å². The lowest BCUT2D eigenvalue weighted by Crippen LogP contribution is -2.39. The third kappa shape index (κ3) is 1.53. The lowest BCUT2D eigenvalue weighted by molar-refractivity contribution is -0.0606. The fourth-order valence-electron chi connectivity index (χ4n) is 0.688. The Kier molecular flexibility index (Phi) is 1.70. The average Bonchev–Trinajstić information content (AvgIpc) is 2.06. The Bertz CT molecular complexity index is 228. The van der Waals surface area contributed by atoms with Gasteiger partial charge in [-0.25, -0.2) is 0 Å². The number of nitrogens with zero attached hydrogens (tertiary/aromatic N) is 2. The van der Waals surface area contributed by atoms with Crippen LogP contribution in [0.4, 0.5) is 13.2 Å². The lowest BCUT2D eigenvalue weighted by Gasteiger charge is -2.15. The molecule has 0 fully saturated rings. The van der Waals surface area contributed by atoms with Crippen LogP contribution in [0.25, 0.3) is 0 Å². The van der Waals surface area contributed by atoms with Crippen molar-refractivity contribution in [1.29, 1.82) is 0 Å². The molecule has 1 aliphatic rings. The Balaban J connectivity index is 2.94. The summed E-state index contributed by atoms with van der Waals surface area (Å²) in [5, 5.41) is 5.98. The van der Waals surface area contributed by atoms with Gasteiger partial charge in [-0.2, -0.15) is 18.3 Å². The molecular weight excluding hydrogens is 181 g/mol. The summed E-state index contributed by atoms with van der Waals surface area (Å²) in [7, 11) is 0. The third-order valence-electron chi connectivity index (χ3n) is 1.19. The molecule has 2 nitrogen and oxygen atoms in total. The van der Waals surface area contributed by atoms with E-state index in [0.717, 1.165) is 6.21 Å². The predicted molar refractivity (Wildman–Crippen MR) is 36.2 cm³/mol. The fourth-order valence-corrected chi connectivity index (χ4v) is 0.876. The minimum atomic E-state index is -4.49. The third-order valence-corrected chi connectivity index (χ3v) is 1.47. The first-order chi connectivity index (χ1) is 4.84. The summed E-state index contributed by atoms with van der Waals surface area (Å²) in [6.07, 6.45) is -3.54. The number of alkyl halides is 4. The second kappa shape index (κ2) is 2.20. The molecule has 0 spiro atoms. The number of hydrogen-bond donors (Lipinski definition) is 0. The van der Waals surface area contributed by atoms with Crippen LogP contribution in [0.5, 0.6) is 0 Å². The van der Waals surface area contributed by atoms with E-state index >= 15 is 0 Å². The zero-order valence-electron chi connectivity index (χ0n) is 5.48. The molecule has 1 heterocycles. The molecule has 0 aromatic carbocycles.